The van der Waals surface area contributed by atoms with Crippen molar-refractivity contribution in [2.24, 2.45) is 4.99 Å². The number of aromatic nitrogens is 1. The number of nitrogen functional groups attached to an aromatic ring is 1. The molecule has 1 aromatic carbocycles. The molecular weight excluding hydrogens is 321 g/mol. The molecule has 3 N–H and O–H groups in total. The van der Waals surface area contributed by atoms with E-state index in [0.29, 0.717) is 16.8 Å². The third-order valence-electron chi connectivity index (χ3n) is 3.21. The summed E-state index contributed by atoms with van der Waals surface area (Å²) in [5, 5.41) is 2.44. The van der Waals surface area contributed by atoms with E-state index in [0.717, 1.165) is 12.1 Å². The summed E-state index contributed by atoms with van der Waals surface area (Å²) in [5.74, 6) is -0.428. The molecule has 8 heteroatoms. The number of carbonyl (C=O) groups is 1. The molecule has 0 unspecified atom stereocenters. The number of alkyl halides is 3. The quantitative estimate of drug-likeness (QED) is 0.843. The number of aliphatic imine (C=N–C) groups is 1. The van der Waals surface area contributed by atoms with Gasteiger partial charge in [0.1, 0.15) is 5.69 Å². The van der Waals surface area contributed by atoms with Gasteiger partial charge in [-0.15, -0.1) is 0 Å². The topological polar surface area (TPSA) is 80.4 Å². The average Bonchev–Trinajstić information content (AvgIpc) is 2.55. The lowest BCUT2D eigenvalue weighted by Gasteiger charge is -2.08. The standard InChI is InChI=1S/C16H15F3N4O/c1-21-15(24)14-12(13(20)5-6-23-14)9-22-8-10-3-2-4-11(7-10)16(17,18)19/h2-7,9H,8H2,1H3,(H2,20,23)(H,21,24). The summed E-state index contributed by atoms with van der Waals surface area (Å²) in [6, 6.07) is 6.40. The van der Waals surface area contributed by atoms with Crippen LogP contribution in [-0.2, 0) is 12.7 Å². The Labute approximate surface area is 136 Å². The van der Waals surface area contributed by atoms with Crippen molar-refractivity contribution in [3.8, 4) is 0 Å². The molecule has 0 aliphatic heterocycles. The first-order valence-corrected chi connectivity index (χ1v) is 6.95. The number of nitrogens with one attached hydrogen (secondary N) is 1. The van der Waals surface area contributed by atoms with Crippen LogP contribution in [0.15, 0.2) is 41.5 Å². The predicted molar refractivity (Wildman–Crippen MR) is 84.8 cm³/mol. The Morgan fingerprint density at radius 1 is 1.38 bits per heavy atom. The molecule has 0 radical (unpaired) electrons. The van der Waals surface area contributed by atoms with Crippen LogP contribution < -0.4 is 11.1 Å². The highest BCUT2D eigenvalue weighted by Gasteiger charge is 2.30. The highest BCUT2D eigenvalue weighted by atomic mass is 19.4. The van der Waals surface area contributed by atoms with Crippen molar-refractivity contribution in [2.75, 3.05) is 12.8 Å². The number of carbonyl (C=O) groups excluding carboxylic acids is 1. The fourth-order valence-corrected chi connectivity index (χ4v) is 2.01. The lowest BCUT2D eigenvalue weighted by molar-refractivity contribution is -0.137. The Hall–Kier alpha value is -2.90. The van der Waals surface area contributed by atoms with E-state index >= 15 is 0 Å². The second-order valence-electron chi connectivity index (χ2n) is 4.91. The molecule has 1 amide bonds. The minimum Gasteiger partial charge on any atom is -0.398 e. The van der Waals surface area contributed by atoms with Gasteiger partial charge in [0.25, 0.3) is 5.91 Å². The number of rotatable bonds is 4. The second kappa shape index (κ2) is 7.12. The Kier molecular flexibility index (Phi) is 5.18. The van der Waals surface area contributed by atoms with Gasteiger partial charge in [-0.2, -0.15) is 13.2 Å². The molecule has 24 heavy (non-hydrogen) atoms. The molecular formula is C16H15F3N4O. The van der Waals surface area contributed by atoms with E-state index in [1.54, 1.807) is 6.07 Å². The Morgan fingerprint density at radius 3 is 2.79 bits per heavy atom. The summed E-state index contributed by atoms with van der Waals surface area (Å²) in [7, 11) is 1.46. The SMILES string of the molecule is CNC(=O)c1nccc(N)c1C=NCc1cccc(C(F)(F)F)c1. The van der Waals surface area contributed by atoms with Gasteiger partial charge in [0, 0.05) is 30.7 Å². The Balaban J connectivity index is 2.23. The molecule has 0 atom stereocenters. The molecule has 0 bridgehead atoms. The fourth-order valence-electron chi connectivity index (χ4n) is 2.01. The van der Waals surface area contributed by atoms with Crippen molar-refractivity contribution in [2.45, 2.75) is 12.7 Å². The lowest BCUT2D eigenvalue weighted by atomic mass is 10.1. The van der Waals surface area contributed by atoms with Gasteiger partial charge in [-0.1, -0.05) is 12.1 Å². The predicted octanol–water partition coefficient (Wildman–Crippen LogP) is 2.66. The van der Waals surface area contributed by atoms with Gasteiger partial charge in [-0.3, -0.25) is 14.8 Å². The van der Waals surface area contributed by atoms with Crippen LogP contribution in [0.3, 0.4) is 0 Å². The maximum Gasteiger partial charge on any atom is 0.416 e. The van der Waals surface area contributed by atoms with E-state index in [9.17, 15) is 18.0 Å². The summed E-state index contributed by atoms with van der Waals surface area (Å²) in [6.07, 6.45) is -1.67. The van der Waals surface area contributed by atoms with Gasteiger partial charge in [-0.25, -0.2) is 0 Å². The zero-order valence-electron chi connectivity index (χ0n) is 12.8. The molecule has 0 fully saturated rings. The number of nitrogens with two attached hydrogens (primary N) is 1. The summed E-state index contributed by atoms with van der Waals surface area (Å²) >= 11 is 0. The molecule has 2 aromatic rings. The van der Waals surface area contributed by atoms with Crippen LogP contribution in [0, 0.1) is 0 Å². The average molecular weight is 336 g/mol. The van der Waals surface area contributed by atoms with Crippen LogP contribution >= 0.6 is 0 Å². The smallest absolute Gasteiger partial charge is 0.398 e. The minimum atomic E-state index is -4.40. The van der Waals surface area contributed by atoms with Gasteiger partial charge in [0.2, 0.25) is 0 Å². The van der Waals surface area contributed by atoms with Gasteiger partial charge < -0.3 is 11.1 Å². The maximum atomic E-state index is 12.7. The van der Waals surface area contributed by atoms with Gasteiger partial charge in [0.15, 0.2) is 0 Å². The fraction of sp³-hybridized carbons (Fsp3) is 0.188. The van der Waals surface area contributed by atoms with Crippen molar-refractivity contribution >= 4 is 17.8 Å². The first-order chi connectivity index (χ1) is 11.3. The number of hydrogen-bond acceptors (Lipinski definition) is 4. The zero-order valence-corrected chi connectivity index (χ0v) is 12.8. The lowest BCUT2D eigenvalue weighted by Crippen LogP contribution is -2.21. The minimum absolute atomic E-state index is 0.0193. The largest absolute Gasteiger partial charge is 0.416 e. The molecule has 1 heterocycles. The number of amides is 1. The number of anilines is 1. The van der Waals surface area contributed by atoms with E-state index in [4.69, 9.17) is 5.73 Å². The van der Waals surface area contributed by atoms with Gasteiger partial charge in [0.05, 0.1) is 12.1 Å². The van der Waals surface area contributed by atoms with Crippen LogP contribution in [0.25, 0.3) is 0 Å². The van der Waals surface area contributed by atoms with Crippen molar-refractivity contribution < 1.29 is 18.0 Å². The molecule has 2 rings (SSSR count). The highest BCUT2D eigenvalue weighted by molar-refractivity contribution is 6.03. The highest BCUT2D eigenvalue weighted by Crippen LogP contribution is 2.29. The molecule has 126 valence electrons. The molecule has 0 aliphatic carbocycles. The number of halogens is 3. The summed E-state index contributed by atoms with van der Waals surface area (Å²) < 4.78 is 38.0. The van der Waals surface area contributed by atoms with Crippen molar-refractivity contribution in [1.29, 1.82) is 0 Å². The van der Waals surface area contributed by atoms with Crippen molar-refractivity contribution in [1.82, 2.24) is 10.3 Å². The van der Waals surface area contributed by atoms with Crippen LogP contribution in [0.5, 0.6) is 0 Å². The van der Waals surface area contributed by atoms with Crippen LogP contribution in [0.1, 0.15) is 27.2 Å². The molecule has 5 nitrogen and oxygen atoms in total. The summed E-state index contributed by atoms with van der Waals surface area (Å²) in [4.78, 5) is 19.8. The zero-order chi connectivity index (χ0) is 17.7. The maximum absolute atomic E-state index is 12.7. The number of nitrogens with zero attached hydrogens (tertiary/aromatic N) is 2. The van der Waals surface area contributed by atoms with Crippen molar-refractivity contribution in [3.63, 3.8) is 0 Å². The summed E-state index contributed by atoms with van der Waals surface area (Å²) in [6.45, 7) is 0.0193. The molecule has 0 spiro atoms. The summed E-state index contributed by atoms with van der Waals surface area (Å²) in [5.41, 5.74) is 6.20. The first-order valence-electron chi connectivity index (χ1n) is 6.95. The van der Waals surface area contributed by atoms with Gasteiger partial charge >= 0.3 is 6.18 Å². The molecule has 0 saturated carbocycles. The first kappa shape index (κ1) is 17.5. The van der Waals surface area contributed by atoms with Crippen LogP contribution in [0.2, 0.25) is 0 Å². The monoisotopic (exact) mass is 336 g/mol. The second-order valence-corrected chi connectivity index (χ2v) is 4.91. The molecule has 1 aromatic heterocycles. The number of benzene rings is 1. The number of hydrogen-bond donors (Lipinski definition) is 2. The van der Waals surface area contributed by atoms with E-state index in [1.165, 1.54) is 31.6 Å². The van der Waals surface area contributed by atoms with Crippen molar-refractivity contribution in [3.05, 3.63) is 58.9 Å². The molecule has 0 aliphatic rings. The third kappa shape index (κ3) is 4.09. The van der Waals surface area contributed by atoms with E-state index < -0.39 is 17.6 Å². The van der Waals surface area contributed by atoms with Crippen LogP contribution in [-0.4, -0.2) is 24.2 Å². The van der Waals surface area contributed by atoms with Gasteiger partial charge in [-0.05, 0) is 23.8 Å². The van der Waals surface area contributed by atoms with E-state index in [2.05, 4.69) is 15.3 Å². The van der Waals surface area contributed by atoms with E-state index in [-0.39, 0.29) is 12.2 Å². The Bertz CT molecular complexity index is 772. The number of pyridine rings is 1. The third-order valence-corrected chi connectivity index (χ3v) is 3.21. The van der Waals surface area contributed by atoms with Crippen LogP contribution in [0.4, 0.5) is 18.9 Å². The normalized spacial score (nSPS) is 11.7. The van der Waals surface area contributed by atoms with E-state index in [1.807, 2.05) is 0 Å². The Morgan fingerprint density at radius 2 is 2.12 bits per heavy atom. The molecule has 0 saturated heterocycles.